The van der Waals surface area contributed by atoms with Crippen molar-refractivity contribution in [2.45, 2.75) is 32.7 Å². The second kappa shape index (κ2) is 11.8. The van der Waals surface area contributed by atoms with Gasteiger partial charge in [0, 0.05) is 32.4 Å². The Labute approximate surface area is 190 Å². The van der Waals surface area contributed by atoms with E-state index >= 15 is 0 Å². The van der Waals surface area contributed by atoms with Gasteiger partial charge < -0.3 is 20.1 Å². The van der Waals surface area contributed by atoms with E-state index in [0.717, 1.165) is 48.3 Å². The van der Waals surface area contributed by atoms with Crippen molar-refractivity contribution >= 4 is 29.9 Å². The Bertz CT molecular complexity index is 809. The third-order valence-electron chi connectivity index (χ3n) is 4.83. The molecule has 0 unspecified atom stereocenters. The average Bonchev–Trinajstić information content (AvgIpc) is 3.55. The molecule has 0 saturated heterocycles. The molecule has 1 aromatic heterocycles. The highest BCUT2D eigenvalue weighted by molar-refractivity contribution is 14.0. The highest BCUT2D eigenvalue weighted by Gasteiger charge is 2.22. The topological polar surface area (TPSA) is 67.8 Å². The molecule has 29 heavy (non-hydrogen) atoms. The van der Waals surface area contributed by atoms with E-state index in [1.165, 1.54) is 18.4 Å². The zero-order chi connectivity index (χ0) is 19.8. The van der Waals surface area contributed by atoms with Gasteiger partial charge in [-0.1, -0.05) is 12.1 Å². The number of rotatable bonds is 9. The molecule has 2 N–H and O–H groups in total. The number of halogens is 1. The summed E-state index contributed by atoms with van der Waals surface area (Å²) < 4.78 is 11.1. The van der Waals surface area contributed by atoms with Gasteiger partial charge in [-0.05, 0) is 60.9 Å². The van der Waals surface area contributed by atoms with Crippen molar-refractivity contribution in [2.75, 3.05) is 27.3 Å². The Morgan fingerprint density at radius 2 is 2.00 bits per heavy atom. The van der Waals surface area contributed by atoms with Crippen LogP contribution < -0.4 is 20.1 Å². The number of pyridine rings is 1. The Balaban J connectivity index is 0.00000300. The van der Waals surface area contributed by atoms with E-state index in [4.69, 9.17) is 9.47 Å². The molecule has 1 saturated carbocycles. The van der Waals surface area contributed by atoms with Gasteiger partial charge in [0.05, 0.1) is 13.7 Å². The Morgan fingerprint density at radius 1 is 1.17 bits per heavy atom. The van der Waals surface area contributed by atoms with Gasteiger partial charge in [0.15, 0.2) is 5.96 Å². The third kappa shape index (κ3) is 7.72. The molecule has 1 aliphatic carbocycles. The van der Waals surface area contributed by atoms with Gasteiger partial charge in [-0.2, -0.15) is 0 Å². The summed E-state index contributed by atoms with van der Waals surface area (Å²) >= 11 is 0. The van der Waals surface area contributed by atoms with Crippen molar-refractivity contribution < 1.29 is 9.47 Å². The van der Waals surface area contributed by atoms with Gasteiger partial charge in [0.25, 0.3) is 0 Å². The van der Waals surface area contributed by atoms with Crippen LogP contribution in [-0.4, -0.2) is 38.3 Å². The van der Waals surface area contributed by atoms with E-state index in [-0.39, 0.29) is 24.0 Å². The molecule has 1 fully saturated rings. The summed E-state index contributed by atoms with van der Waals surface area (Å²) in [5.74, 6) is 3.12. The maximum atomic E-state index is 5.75. The zero-order valence-corrected chi connectivity index (χ0v) is 19.7. The lowest BCUT2D eigenvalue weighted by Gasteiger charge is -2.13. The zero-order valence-electron chi connectivity index (χ0n) is 17.4. The Hall–Kier alpha value is -2.03. The second-order valence-electron chi connectivity index (χ2n) is 7.16. The SMILES string of the molecule is CN=C(NCCc1ccc(C)c(OC)c1)NCc1ccnc(OCC2CC2)c1.I. The van der Waals surface area contributed by atoms with Crippen molar-refractivity contribution in [1.82, 2.24) is 15.6 Å². The molecule has 7 heteroatoms. The fourth-order valence-electron chi connectivity index (χ4n) is 2.88. The van der Waals surface area contributed by atoms with Crippen LogP contribution in [0.3, 0.4) is 0 Å². The number of ether oxygens (including phenoxy) is 2. The summed E-state index contributed by atoms with van der Waals surface area (Å²) in [5.41, 5.74) is 3.50. The average molecular weight is 510 g/mol. The van der Waals surface area contributed by atoms with Gasteiger partial charge in [-0.3, -0.25) is 4.99 Å². The highest BCUT2D eigenvalue weighted by Crippen LogP contribution is 2.29. The Morgan fingerprint density at radius 3 is 2.72 bits per heavy atom. The maximum Gasteiger partial charge on any atom is 0.213 e. The molecule has 0 aliphatic heterocycles. The molecule has 1 aromatic carbocycles. The molecule has 2 aromatic rings. The van der Waals surface area contributed by atoms with Crippen LogP contribution in [0.4, 0.5) is 0 Å². The summed E-state index contributed by atoms with van der Waals surface area (Å²) in [5, 5.41) is 6.69. The number of aryl methyl sites for hydroxylation is 1. The minimum absolute atomic E-state index is 0. The van der Waals surface area contributed by atoms with Crippen molar-refractivity contribution in [1.29, 1.82) is 0 Å². The standard InChI is InChI=1S/C22H30N4O2.HI/c1-16-4-5-17(12-20(16)27-3)8-11-25-22(23-2)26-14-19-9-10-24-21(13-19)28-15-18-6-7-18;/h4-5,9-10,12-13,18H,6-8,11,14-15H2,1-3H3,(H2,23,25,26);1H. The van der Waals surface area contributed by atoms with Crippen LogP contribution >= 0.6 is 24.0 Å². The predicted molar refractivity (Wildman–Crippen MR) is 128 cm³/mol. The van der Waals surface area contributed by atoms with Crippen molar-refractivity contribution in [3.63, 3.8) is 0 Å². The highest BCUT2D eigenvalue weighted by atomic mass is 127. The summed E-state index contributed by atoms with van der Waals surface area (Å²) in [4.78, 5) is 8.58. The molecule has 0 amide bonds. The van der Waals surface area contributed by atoms with E-state index in [2.05, 4.69) is 38.8 Å². The first-order valence-electron chi connectivity index (χ1n) is 9.83. The van der Waals surface area contributed by atoms with Crippen molar-refractivity contribution in [3.8, 4) is 11.6 Å². The molecule has 0 spiro atoms. The fourth-order valence-corrected chi connectivity index (χ4v) is 2.88. The molecule has 1 heterocycles. The van der Waals surface area contributed by atoms with E-state index in [0.29, 0.717) is 12.4 Å². The Kier molecular flexibility index (Phi) is 9.50. The predicted octanol–water partition coefficient (Wildman–Crippen LogP) is 3.71. The lowest BCUT2D eigenvalue weighted by molar-refractivity contribution is 0.288. The maximum absolute atomic E-state index is 5.75. The van der Waals surface area contributed by atoms with Crippen molar-refractivity contribution in [3.05, 3.63) is 53.2 Å². The number of hydrogen-bond acceptors (Lipinski definition) is 4. The van der Waals surface area contributed by atoms with Gasteiger partial charge >= 0.3 is 0 Å². The largest absolute Gasteiger partial charge is 0.496 e. The van der Waals surface area contributed by atoms with E-state index in [9.17, 15) is 0 Å². The van der Waals surface area contributed by atoms with Gasteiger partial charge in [-0.25, -0.2) is 4.98 Å². The molecular formula is C22H31IN4O2. The number of benzene rings is 1. The quantitative estimate of drug-likeness (QED) is 0.306. The van der Waals surface area contributed by atoms with Gasteiger partial charge in [0.2, 0.25) is 5.88 Å². The first-order chi connectivity index (χ1) is 13.7. The molecule has 0 radical (unpaired) electrons. The number of guanidine groups is 1. The number of aromatic nitrogens is 1. The third-order valence-corrected chi connectivity index (χ3v) is 4.83. The van der Waals surface area contributed by atoms with Crippen LogP contribution in [0.5, 0.6) is 11.6 Å². The van der Waals surface area contributed by atoms with E-state index in [1.807, 2.05) is 19.1 Å². The first-order valence-corrected chi connectivity index (χ1v) is 9.83. The van der Waals surface area contributed by atoms with Gasteiger partial charge in [0.1, 0.15) is 5.75 Å². The van der Waals surface area contributed by atoms with E-state index < -0.39 is 0 Å². The molecule has 3 rings (SSSR count). The summed E-state index contributed by atoms with van der Waals surface area (Å²) in [6.07, 6.45) is 5.24. The lowest BCUT2D eigenvalue weighted by atomic mass is 10.1. The number of methoxy groups -OCH3 is 1. The smallest absolute Gasteiger partial charge is 0.213 e. The van der Waals surface area contributed by atoms with E-state index in [1.54, 1.807) is 20.4 Å². The van der Waals surface area contributed by atoms with Gasteiger partial charge in [-0.15, -0.1) is 24.0 Å². The van der Waals surface area contributed by atoms with Crippen LogP contribution in [0, 0.1) is 12.8 Å². The molecule has 0 bridgehead atoms. The summed E-state index contributed by atoms with van der Waals surface area (Å²) in [6, 6.07) is 10.3. The summed E-state index contributed by atoms with van der Waals surface area (Å²) in [6.45, 7) is 4.28. The lowest BCUT2D eigenvalue weighted by Crippen LogP contribution is -2.37. The van der Waals surface area contributed by atoms with Crippen LogP contribution in [0.25, 0.3) is 0 Å². The van der Waals surface area contributed by atoms with Crippen LogP contribution in [0.2, 0.25) is 0 Å². The summed E-state index contributed by atoms with van der Waals surface area (Å²) in [7, 11) is 3.48. The molecule has 1 aliphatic rings. The first kappa shape index (κ1) is 23.3. The second-order valence-corrected chi connectivity index (χ2v) is 7.16. The fraction of sp³-hybridized carbons (Fsp3) is 0.455. The number of aliphatic imine (C=N–C) groups is 1. The minimum atomic E-state index is 0. The molecule has 6 nitrogen and oxygen atoms in total. The molecule has 0 atom stereocenters. The number of nitrogens with zero attached hydrogens (tertiary/aromatic N) is 2. The van der Waals surface area contributed by atoms with Crippen LogP contribution in [-0.2, 0) is 13.0 Å². The molecular weight excluding hydrogens is 479 g/mol. The number of nitrogens with one attached hydrogen (secondary N) is 2. The van der Waals surface area contributed by atoms with Crippen LogP contribution in [0.15, 0.2) is 41.5 Å². The minimum Gasteiger partial charge on any atom is -0.496 e. The number of hydrogen-bond donors (Lipinski definition) is 2. The monoisotopic (exact) mass is 510 g/mol. The normalized spacial score (nSPS) is 13.4. The molecule has 158 valence electrons. The van der Waals surface area contributed by atoms with Crippen LogP contribution in [0.1, 0.15) is 29.5 Å². The van der Waals surface area contributed by atoms with Crippen molar-refractivity contribution in [2.24, 2.45) is 10.9 Å².